The first kappa shape index (κ1) is 17.1. The van der Waals surface area contributed by atoms with Gasteiger partial charge in [-0.05, 0) is 50.7 Å². The number of aliphatic hydroxyl groups is 1. The molecule has 3 N–H and O–H groups in total. The van der Waals surface area contributed by atoms with Gasteiger partial charge < -0.3 is 20.6 Å². The van der Waals surface area contributed by atoms with Crippen molar-refractivity contribution >= 4 is 17.4 Å². The Hall–Kier alpha value is -1.75. The van der Waals surface area contributed by atoms with Crippen LogP contribution in [0, 0.1) is 5.92 Å². The molecule has 1 atom stereocenters. The SMILES string of the molecule is CN(c1ccccc1NC(=O)NC(C)(CO)C1CC1)C1CCCC1. The van der Waals surface area contributed by atoms with E-state index in [1.807, 2.05) is 25.1 Å². The van der Waals surface area contributed by atoms with E-state index in [1.54, 1.807) is 0 Å². The minimum atomic E-state index is -0.531. The van der Waals surface area contributed by atoms with Gasteiger partial charge >= 0.3 is 6.03 Å². The van der Waals surface area contributed by atoms with Gasteiger partial charge in [-0.2, -0.15) is 0 Å². The highest BCUT2D eigenvalue weighted by Gasteiger charge is 2.42. The van der Waals surface area contributed by atoms with E-state index < -0.39 is 5.54 Å². The number of urea groups is 1. The first-order valence-corrected chi connectivity index (χ1v) is 9.05. The molecule has 0 spiro atoms. The van der Waals surface area contributed by atoms with E-state index in [0.717, 1.165) is 24.2 Å². The van der Waals surface area contributed by atoms with E-state index in [0.29, 0.717) is 12.0 Å². The van der Waals surface area contributed by atoms with Crippen LogP contribution >= 0.6 is 0 Å². The molecule has 0 radical (unpaired) electrons. The molecule has 0 aromatic heterocycles. The molecule has 3 rings (SSSR count). The molecule has 0 aliphatic heterocycles. The molecule has 2 aliphatic carbocycles. The molecule has 2 fully saturated rings. The summed E-state index contributed by atoms with van der Waals surface area (Å²) >= 11 is 0. The van der Waals surface area contributed by atoms with Crippen LogP contribution in [0.15, 0.2) is 24.3 Å². The van der Waals surface area contributed by atoms with E-state index in [1.165, 1.54) is 25.7 Å². The van der Waals surface area contributed by atoms with E-state index in [2.05, 4.69) is 28.6 Å². The van der Waals surface area contributed by atoms with Crippen molar-refractivity contribution in [1.29, 1.82) is 0 Å². The Morgan fingerprint density at radius 3 is 2.54 bits per heavy atom. The van der Waals surface area contributed by atoms with Crippen molar-refractivity contribution in [2.24, 2.45) is 5.92 Å². The second-order valence-electron chi connectivity index (χ2n) is 7.50. The second-order valence-corrected chi connectivity index (χ2v) is 7.50. The van der Waals surface area contributed by atoms with Gasteiger partial charge in [-0.1, -0.05) is 25.0 Å². The maximum Gasteiger partial charge on any atom is 0.319 e. The van der Waals surface area contributed by atoms with Crippen molar-refractivity contribution in [3.8, 4) is 0 Å². The highest BCUT2D eigenvalue weighted by molar-refractivity contribution is 5.93. The summed E-state index contributed by atoms with van der Waals surface area (Å²) in [6, 6.07) is 8.24. The van der Waals surface area contributed by atoms with Gasteiger partial charge in [0.15, 0.2) is 0 Å². The van der Waals surface area contributed by atoms with Crippen LogP contribution < -0.4 is 15.5 Å². The Labute approximate surface area is 144 Å². The molecule has 1 aromatic carbocycles. The maximum absolute atomic E-state index is 12.5. The minimum absolute atomic E-state index is 0.0330. The standard InChI is InChI=1S/C19H29N3O2/c1-19(13-23,14-11-12-14)21-18(24)20-16-9-5-6-10-17(16)22(2)15-7-3-4-8-15/h5-6,9-10,14-15,23H,3-4,7-8,11-13H2,1-2H3,(H2,20,21,24). The Kier molecular flexibility index (Phi) is 4.99. The molecular formula is C19H29N3O2. The van der Waals surface area contributed by atoms with E-state index in [9.17, 15) is 9.90 Å². The Balaban J connectivity index is 1.69. The normalized spacial score (nSPS) is 20.5. The number of carbonyl (C=O) groups is 1. The maximum atomic E-state index is 12.5. The Morgan fingerprint density at radius 1 is 1.25 bits per heavy atom. The van der Waals surface area contributed by atoms with Crippen LogP contribution in [0.5, 0.6) is 0 Å². The molecule has 1 aromatic rings. The van der Waals surface area contributed by atoms with Crippen LogP contribution in [0.25, 0.3) is 0 Å². The third kappa shape index (κ3) is 3.66. The molecule has 1 unspecified atom stereocenters. The lowest BCUT2D eigenvalue weighted by molar-refractivity contribution is 0.159. The lowest BCUT2D eigenvalue weighted by atomic mass is 9.97. The number of hydrogen-bond acceptors (Lipinski definition) is 3. The number of nitrogens with one attached hydrogen (secondary N) is 2. The fourth-order valence-electron chi connectivity index (χ4n) is 3.78. The van der Waals surface area contributed by atoms with Crippen LogP contribution in [0.1, 0.15) is 45.4 Å². The third-order valence-corrected chi connectivity index (χ3v) is 5.61. The monoisotopic (exact) mass is 331 g/mol. The van der Waals surface area contributed by atoms with Gasteiger partial charge in [0.25, 0.3) is 0 Å². The Morgan fingerprint density at radius 2 is 1.92 bits per heavy atom. The lowest BCUT2D eigenvalue weighted by Crippen LogP contribution is -2.52. The molecule has 2 amide bonds. The highest BCUT2D eigenvalue weighted by Crippen LogP contribution is 2.39. The number of amides is 2. The topological polar surface area (TPSA) is 64.6 Å². The second kappa shape index (κ2) is 7.01. The first-order chi connectivity index (χ1) is 11.5. The third-order valence-electron chi connectivity index (χ3n) is 5.61. The van der Waals surface area contributed by atoms with Crippen LogP contribution in [0.3, 0.4) is 0 Å². The summed E-state index contributed by atoms with van der Waals surface area (Å²) in [4.78, 5) is 14.7. The van der Waals surface area contributed by atoms with Crippen molar-refractivity contribution in [1.82, 2.24) is 5.32 Å². The first-order valence-electron chi connectivity index (χ1n) is 9.05. The van der Waals surface area contributed by atoms with E-state index >= 15 is 0 Å². The van der Waals surface area contributed by atoms with Crippen molar-refractivity contribution in [2.45, 2.75) is 57.0 Å². The van der Waals surface area contributed by atoms with Gasteiger partial charge in [0, 0.05) is 13.1 Å². The largest absolute Gasteiger partial charge is 0.394 e. The number of nitrogens with zero attached hydrogens (tertiary/aromatic N) is 1. The van der Waals surface area contributed by atoms with Crippen molar-refractivity contribution in [3.63, 3.8) is 0 Å². The average molecular weight is 331 g/mol. The summed E-state index contributed by atoms with van der Waals surface area (Å²) in [6.07, 6.45) is 7.11. The molecular weight excluding hydrogens is 302 g/mol. The summed E-state index contributed by atoms with van der Waals surface area (Å²) in [5.74, 6) is 0.379. The van der Waals surface area contributed by atoms with E-state index in [4.69, 9.17) is 0 Å². The number of benzene rings is 1. The fourth-order valence-corrected chi connectivity index (χ4v) is 3.78. The van der Waals surface area contributed by atoms with Gasteiger partial charge in [0.05, 0.1) is 23.5 Å². The predicted octanol–water partition coefficient (Wildman–Crippen LogP) is 3.35. The number of rotatable bonds is 6. The molecule has 0 saturated heterocycles. The quantitative estimate of drug-likeness (QED) is 0.749. The summed E-state index contributed by atoms with van der Waals surface area (Å²) in [7, 11) is 2.11. The highest BCUT2D eigenvalue weighted by atomic mass is 16.3. The molecule has 0 bridgehead atoms. The van der Waals surface area contributed by atoms with Crippen LogP contribution in [-0.2, 0) is 0 Å². The summed E-state index contributed by atoms with van der Waals surface area (Å²) in [6.45, 7) is 1.88. The zero-order chi connectivity index (χ0) is 17.2. The summed E-state index contributed by atoms with van der Waals surface area (Å²) in [5.41, 5.74) is 1.34. The molecule has 132 valence electrons. The molecule has 5 heteroatoms. The van der Waals surface area contributed by atoms with Gasteiger partial charge in [0.2, 0.25) is 0 Å². The van der Waals surface area contributed by atoms with Gasteiger partial charge in [-0.25, -0.2) is 4.79 Å². The molecule has 0 heterocycles. The minimum Gasteiger partial charge on any atom is -0.394 e. The number of anilines is 2. The molecule has 5 nitrogen and oxygen atoms in total. The van der Waals surface area contributed by atoms with Gasteiger partial charge in [0.1, 0.15) is 0 Å². The van der Waals surface area contributed by atoms with Gasteiger partial charge in [-0.15, -0.1) is 0 Å². The summed E-state index contributed by atoms with van der Waals surface area (Å²) < 4.78 is 0. The zero-order valence-electron chi connectivity index (χ0n) is 14.7. The number of carbonyl (C=O) groups excluding carboxylic acids is 1. The number of hydrogen-bond donors (Lipinski definition) is 3. The van der Waals surface area contributed by atoms with Crippen LogP contribution in [0.4, 0.5) is 16.2 Å². The Bertz CT molecular complexity index is 582. The fraction of sp³-hybridized carbons (Fsp3) is 0.632. The number of aliphatic hydroxyl groups excluding tert-OH is 1. The average Bonchev–Trinajstić information content (AvgIpc) is 3.30. The molecule has 24 heavy (non-hydrogen) atoms. The predicted molar refractivity (Wildman–Crippen MR) is 97.5 cm³/mol. The molecule has 2 aliphatic rings. The van der Waals surface area contributed by atoms with Gasteiger partial charge in [-0.3, -0.25) is 0 Å². The van der Waals surface area contributed by atoms with Crippen LogP contribution in [0.2, 0.25) is 0 Å². The van der Waals surface area contributed by atoms with E-state index in [-0.39, 0.29) is 12.6 Å². The van der Waals surface area contributed by atoms with Crippen molar-refractivity contribution in [2.75, 3.05) is 23.9 Å². The van der Waals surface area contributed by atoms with Crippen molar-refractivity contribution in [3.05, 3.63) is 24.3 Å². The van der Waals surface area contributed by atoms with Crippen LogP contribution in [-0.4, -0.2) is 36.4 Å². The lowest BCUT2D eigenvalue weighted by Gasteiger charge is -2.31. The molecule has 2 saturated carbocycles. The summed E-state index contributed by atoms with van der Waals surface area (Å²) in [5, 5.41) is 15.6. The number of para-hydroxylation sites is 2. The zero-order valence-corrected chi connectivity index (χ0v) is 14.7. The van der Waals surface area contributed by atoms with Crippen molar-refractivity contribution < 1.29 is 9.90 Å². The smallest absolute Gasteiger partial charge is 0.319 e.